The number of anilines is 1. The summed E-state index contributed by atoms with van der Waals surface area (Å²) in [5.74, 6) is 2.03. The second-order valence-corrected chi connectivity index (χ2v) is 7.98. The van der Waals surface area contributed by atoms with Crippen LogP contribution in [0.1, 0.15) is 5.69 Å². The Morgan fingerprint density at radius 3 is 2.46 bits per heavy atom. The largest absolute Gasteiger partial charge is 0.457 e. The van der Waals surface area contributed by atoms with Crippen LogP contribution in [-0.2, 0) is 16.6 Å². The van der Waals surface area contributed by atoms with Crippen molar-refractivity contribution < 1.29 is 17.7 Å². The molecule has 0 amide bonds. The lowest BCUT2D eigenvalue weighted by Gasteiger charge is -2.16. The quantitative estimate of drug-likeness (QED) is 0.722. The van der Waals surface area contributed by atoms with Crippen molar-refractivity contribution in [2.45, 2.75) is 13.5 Å². The number of para-hydroxylation sites is 1. The summed E-state index contributed by atoms with van der Waals surface area (Å²) in [7, 11) is -3.32. The van der Waals surface area contributed by atoms with Gasteiger partial charge in [-0.05, 0) is 43.3 Å². The Hall–Kier alpha value is -2.93. The van der Waals surface area contributed by atoms with Crippen molar-refractivity contribution in [3.8, 4) is 22.8 Å². The number of nitrogens with zero attached hydrogens (tertiary/aromatic N) is 2. The predicted molar refractivity (Wildman–Crippen MR) is 98.5 cm³/mol. The number of ether oxygens (including phenoxy) is 1. The summed E-state index contributed by atoms with van der Waals surface area (Å²) in [4.78, 5) is 4.55. The van der Waals surface area contributed by atoms with Crippen LogP contribution >= 0.6 is 0 Å². The second kappa shape index (κ2) is 6.42. The van der Waals surface area contributed by atoms with Crippen LogP contribution in [0.2, 0.25) is 0 Å². The molecule has 0 fully saturated rings. The minimum Gasteiger partial charge on any atom is -0.457 e. The van der Waals surface area contributed by atoms with E-state index in [2.05, 4.69) is 9.71 Å². The summed E-state index contributed by atoms with van der Waals surface area (Å²) in [6.45, 7) is 2.31. The van der Waals surface area contributed by atoms with Gasteiger partial charge in [0.25, 0.3) is 0 Å². The molecule has 4 rings (SSSR count). The fourth-order valence-electron chi connectivity index (χ4n) is 2.89. The molecule has 0 spiro atoms. The van der Waals surface area contributed by atoms with Crippen LogP contribution in [0.5, 0.6) is 11.5 Å². The van der Waals surface area contributed by atoms with E-state index in [1.165, 1.54) is 0 Å². The van der Waals surface area contributed by atoms with E-state index in [1.54, 1.807) is 0 Å². The molecule has 0 saturated carbocycles. The van der Waals surface area contributed by atoms with Gasteiger partial charge >= 0.3 is 15.8 Å². The third-order valence-corrected chi connectivity index (χ3v) is 5.33. The van der Waals surface area contributed by atoms with Gasteiger partial charge in [0.05, 0.1) is 5.69 Å². The summed E-state index contributed by atoms with van der Waals surface area (Å²) in [6.07, 6.45) is 1.85. The number of hydrogen-bond acceptors (Lipinski definition) is 4. The number of aryl methyl sites for hydroxylation is 2. The molecule has 3 aromatic rings. The fourth-order valence-corrected chi connectivity index (χ4v) is 3.94. The molecule has 1 aromatic heterocycles. The summed E-state index contributed by atoms with van der Waals surface area (Å²) >= 11 is 0. The Balaban J connectivity index is 1.69. The van der Waals surface area contributed by atoms with Crippen molar-refractivity contribution in [2.75, 3.05) is 10.5 Å². The normalized spacial score (nSPS) is 15.0. The van der Waals surface area contributed by atoms with Crippen LogP contribution in [0.3, 0.4) is 0 Å². The molecule has 26 heavy (non-hydrogen) atoms. The van der Waals surface area contributed by atoms with Gasteiger partial charge in [-0.1, -0.05) is 18.2 Å². The SMILES string of the molecule is Cc1c[n+]2c(c(-c3ccc(Oc4ccccc4)cc3)n1)NS(=O)(=O)CC2. The highest BCUT2D eigenvalue weighted by atomic mass is 32.2. The standard InChI is InChI=1S/C19H17N3O3S/c1-14-13-22-11-12-26(23,24)21-19(22)18(20-14)15-7-9-17(10-8-15)25-16-5-3-2-4-6-16/h2-10,13H,11-12H2,1H3/p+1. The molecular weight excluding hydrogens is 350 g/mol. The van der Waals surface area contributed by atoms with Crippen molar-refractivity contribution in [3.63, 3.8) is 0 Å². The zero-order valence-electron chi connectivity index (χ0n) is 14.2. The number of fused-ring (bicyclic) bond motifs is 1. The number of rotatable bonds is 3. The van der Waals surface area contributed by atoms with Crippen LogP contribution < -0.4 is 14.0 Å². The molecule has 1 aliphatic heterocycles. The van der Waals surface area contributed by atoms with E-state index in [4.69, 9.17) is 4.74 Å². The van der Waals surface area contributed by atoms with Crippen LogP contribution in [0.4, 0.5) is 5.82 Å². The van der Waals surface area contributed by atoms with E-state index in [-0.39, 0.29) is 5.75 Å². The molecule has 0 saturated heterocycles. The Morgan fingerprint density at radius 1 is 1.04 bits per heavy atom. The third-order valence-electron chi connectivity index (χ3n) is 4.10. The minimum atomic E-state index is -3.32. The van der Waals surface area contributed by atoms with Gasteiger partial charge in [-0.2, -0.15) is 13.1 Å². The molecule has 2 aromatic carbocycles. The van der Waals surface area contributed by atoms with E-state index in [1.807, 2.05) is 72.3 Å². The number of benzene rings is 2. The first-order valence-electron chi connectivity index (χ1n) is 8.25. The van der Waals surface area contributed by atoms with Gasteiger partial charge < -0.3 is 4.74 Å². The van der Waals surface area contributed by atoms with E-state index >= 15 is 0 Å². The molecule has 0 unspecified atom stereocenters. The van der Waals surface area contributed by atoms with E-state index in [9.17, 15) is 8.42 Å². The molecule has 0 aliphatic carbocycles. The predicted octanol–water partition coefficient (Wildman–Crippen LogP) is 2.89. The fraction of sp³-hybridized carbons (Fsp3) is 0.158. The zero-order chi connectivity index (χ0) is 18.1. The first kappa shape index (κ1) is 16.5. The maximum absolute atomic E-state index is 12.0. The van der Waals surface area contributed by atoms with Gasteiger partial charge in [0.1, 0.15) is 30.0 Å². The molecule has 6 nitrogen and oxygen atoms in total. The summed E-state index contributed by atoms with van der Waals surface area (Å²) in [5.41, 5.74) is 2.26. The van der Waals surface area contributed by atoms with Gasteiger partial charge in [-0.3, -0.25) is 0 Å². The van der Waals surface area contributed by atoms with E-state index in [0.717, 1.165) is 17.0 Å². The van der Waals surface area contributed by atoms with Crippen molar-refractivity contribution in [3.05, 3.63) is 66.5 Å². The summed E-state index contributed by atoms with van der Waals surface area (Å²) in [6, 6.07) is 17.0. The molecular formula is C19H18N3O3S+. The average Bonchev–Trinajstić information content (AvgIpc) is 2.63. The first-order chi connectivity index (χ1) is 12.5. The Kier molecular flexibility index (Phi) is 4.08. The highest BCUT2D eigenvalue weighted by molar-refractivity contribution is 7.92. The lowest BCUT2D eigenvalue weighted by molar-refractivity contribution is -0.679. The monoisotopic (exact) mass is 368 g/mol. The van der Waals surface area contributed by atoms with Gasteiger partial charge in [0, 0.05) is 5.56 Å². The summed E-state index contributed by atoms with van der Waals surface area (Å²) < 4.78 is 34.3. The number of sulfonamides is 1. The Bertz CT molecular complexity index is 1050. The van der Waals surface area contributed by atoms with Crippen molar-refractivity contribution in [1.29, 1.82) is 0 Å². The Labute approximate surface area is 152 Å². The molecule has 0 radical (unpaired) electrons. The van der Waals surface area contributed by atoms with Gasteiger partial charge in [0.2, 0.25) is 0 Å². The Morgan fingerprint density at radius 2 is 1.73 bits per heavy atom. The zero-order valence-corrected chi connectivity index (χ0v) is 15.0. The maximum Gasteiger partial charge on any atom is 0.316 e. The number of aromatic nitrogens is 2. The summed E-state index contributed by atoms with van der Waals surface area (Å²) in [5, 5.41) is 0. The molecule has 2 heterocycles. The second-order valence-electron chi connectivity index (χ2n) is 6.13. The maximum atomic E-state index is 12.0. The van der Waals surface area contributed by atoms with Gasteiger partial charge in [-0.15, -0.1) is 0 Å². The first-order valence-corrected chi connectivity index (χ1v) is 9.90. The number of nitrogens with one attached hydrogen (secondary N) is 1. The van der Waals surface area contributed by atoms with Crippen LogP contribution in [0.15, 0.2) is 60.8 Å². The number of hydrogen-bond donors (Lipinski definition) is 1. The van der Waals surface area contributed by atoms with Crippen molar-refractivity contribution >= 4 is 15.8 Å². The van der Waals surface area contributed by atoms with Crippen molar-refractivity contribution in [1.82, 2.24) is 4.98 Å². The smallest absolute Gasteiger partial charge is 0.316 e. The lowest BCUT2D eigenvalue weighted by atomic mass is 10.1. The molecule has 0 bridgehead atoms. The van der Waals surface area contributed by atoms with E-state index in [0.29, 0.717) is 23.8 Å². The average molecular weight is 368 g/mol. The molecule has 7 heteroatoms. The lowest BCUT2D eigenvalue weighted by Crippen LogP contribution is -2.47. The van der Waals surface area contributed by atoms with Crippen molar-refractivity contribution in [2.24, 2.45) is 0 Å². The molecule has 132 valence electrons. The molecule has 0 atom stereocenters. The van der Waals surface area contributed by atoms with Gasteiger partial charge in [0.15, 0.2) is 5.69 Å². The minimum absolute atomic E-state index is 0.0669. The van der Waals surface area contributed by atoms with Gasteiger partial charge in [-0.25, -0.2) is 9.55 Å². The topological polar surface area (TPSA) is 72.2 Å². The highest BCUT2D eigenvalue weighted by Crippen LogP contribution is 2.29. The van der Waals surface area contributed by atoms with Crippen LogP contribution in [0, 0.1) is 6.92 Å². The third kappa shape index (κ3) is 3.39. The molecule has 1 aliphatic rings. The highest BCUT2D eigenvalue weighted by Gasteiger charge is 2.31. The van der Waals surface area contributed by atoms with Crippen LogP contribution in [0.25, 0.3) is 11.3 Å². The van der Waals surface area contributed by atoms with E-state index < -0.39 is 10.0 Å². The molecule has 1 N–H and O–H groups in total. The van der Waals surface area contributed by atoms with Crippen LogP contribution in [-0.4, -0.2) is 19.2 Å².